The van der Waals surface area contributed by atoms with E-state index in [2.05, 4.69) is 15.2 Å². The molecule has 1 unspecified atom stereocenters. The Balaban J connectivity index is 1.60. The molecule has 2 N–H and O–H groups in total. The van der Waals surface area contributed by atoms with E-state index in [1.807, 2.05) is 29.2 Å². The van der Waals surface area contributed by atoms with Gasteiger partial charge in [0.05, 0.1) is 11.2 Å². The predicted molar refractivity (Wildman–Crippen MR) is 84.6 cm³/mol. The summed E-state index contributed by atoms with van der Waals surface area (Å²) in [4.78, 5) is 19.0. The highest BCUT2D eigenvalue weighted by Gasteiger charge is 2.49. The molecular formula is C17H20N4O2. The third-order valence-corrected chi connectivity index (χ3v) is 5.06. The van der Waals surface area contributed by atoms with E-state index < -0.39 is 5.60 Å². The van der Waals surface area contributed by atoms with Crippen molar-refractivity contribution in [2.45, 2.75) is 31.3 Å². The fourth-order valence-corrected chi connectivity index (χ4v) is 3.52. The lowest BCUT2D eigenvalue weighted by molar-refractivity contribution is 0.0282. The zero-order valence-electron chi connectivity index (χ0n) is 12.9. The maximum absolute atomic E-state index is 13.0. The van der Waals surface area contributed by atoms with Crippen LogP contribution in [0, 0.1) is 5.92 Å². The van der Waals surface area contributed by atoms with Crippen molar-refractivity contribution in [3.63, 3.8) is 0 Å². The van der Waals surface area contributed by atoms with Gasteiger partial charge in [0.15, 0.2) is 5.82 Å². The van der Waals surface area contributed by atoms with Crippen LogP contribution in [0.2, 0.25) is 0 Å². The molecule has 1 aromatic carbocycles. The molecule has 0 spiro atoms. The zero-order chi connectivity index (χ0) is 15.9. The van der Waals surface area contributed by atoms with Crippen LogP contribution in [0.5, 0.6) is 0 Å². The van der Waals surface area contributed by atoms with Gasteiger partial charge in [0, 0.05) is 24.6 Å². The summed E-state index contributed by atoms with van der Waals surface area (Å²) in [5.74, 6) is 0.812. The number of hydrogen-bond donors (Lipinski definition) is 2. The number of carbonyl (C=O) groups is 1. The average molecular weight is 312 g/mol. The lowest BCUT2D eigenvalue weighted by atomic mass is 9.90. The van der Waals surface area contributed by atoms with Gasteiger partial charge in [-0.15, -0.1) is 0 Å². The van der Waals surface area contributed by atoms with Crippen molar-refractivity contribution in [3.05, 3.63) is 36.2 Å². The monoisotopic (exact) mass is 312 g/mol. The highest BCUT2D eigenvalue weighted by atomic mass is 16.3. The van der Waals surface area contributed by atoms with E-state index in [1.165, 1.54) is 6.33 Å². The van der Waals surface area contributed by atoms with Crippen LogP contribution in [0.25, 0.3) is 11.4 Å². The molecule has 2 fully saturated rings. The number of H-pyrrole nitrogens is 1. The van der Waals surface area contributed by atoms with Crippen LogP contribution in [0.3, 0.4) is 0 Å². The molecule has 0 bridgehead atoms. The molecule has 1 amide bonds. The van der Waals surface area contributed by atoms with Gasteiger partial charge in [-0.2, -0.15) is 5.10 Å². The molecule has 1 atom stereocenters. The second-order valence-electron chi connectivity index (χ2n) is 6.57. The number of benzene rings is 1. The van der Waals surface area contributed by atoms with Crippen LogP contribution in [-0.4, -0.2) is 49.8 Å². The normalized spacial score (nSPS) is 22.8. The second kappa shape index (κ2) is 5.45. The fourth-order valence-electron chi connectivity index (χ4n) is 3.52. The Kier molecular flexibility index (Phi) is 3.41. The number of carbonyl (C=O) groups excluding carboxylic acids is 1. The van der Waals surface area contributed by atoms with Crippen molar-refractivity contribution in [1.82, 2.24) is 20.1 Å². The van der Waals surface area contributed by atoms with Crippen molar-refractivity contribution >= 4 is 5.91 Å². The number of rotatable bonds is 3. The summed E-state index contributed by atoms with van der Waals surface area (Å²) < 4.78 is 0. The van der Waals surface area contributed by atoms with Crippen LogP contribution in [0.4, 0.5) is 0 Å². The van der Waals surface area contributed by atoms with Crippen LogP contribution in [0.1, 0.15) is 36.0 Å². The Morgan fingerprint density at radius 2 is 2.17 bits per heavy atom. The van der Waals surface area contributed by atoms with Crippen LogP contribution in [-0.2, 0) is 0 Å². The average Bonchev–Trinajstić information content (AvgIpc) is 3.13. The number of piperidine rings is 1. The Morgan fingerprint density at radius 1 is 1.35 bits per heavy atom. The number of nitrogens with one attached hydrogen (secondary N) is 1. The molecule has 2 heterocycles. The Morgan fingerprint density at radius 3 is 2.91 bits per heavy atom. The van der Waals surface area contributed by atoms with E-state index in [0.717, 1.165) is 37.8 Å². The van der Waals surface area contributed by atoms with Gasteiger partial charge in [-0.25, -0.2) is 4.98 Å². The molecular weight excluding hydrogens is 292 g/mol. The van der Waals surface area contributed by atoms with E-state index in [0.29, 0.717) is 17.9 Å². The number of aromatic amines is 1. The van der Waals surface area contributed by atoms with Gasteiger partial charge in [0.2, 0.25) is 0 Å². The Hall–Kier alpha value is -2.21. The standard InChI is InChI=1S/C17H20N4O2/c22-16(21-9-3-4-12(10-21)17(23)7-8-17)14-6-2-1-5-13(14)15-18-11-19-20-15/h1-2,5-6,11-12,23H,3-4,7-10H2,(H,18,19,20). The topological polar surface area (TPSA) is 82.1 Å². The first-order valence-corrected chi connectivity index (χ1v) is 8.14. The molecule has 23 heavy (non-hydrogen) atoms. The van der Waals surface area contributed by atoms with Gasteiger partial charge in [0.1, 0.15) is 6.33 Å². The predicted octanol–water partition coefficient (Wildman–Crippen LogP) is 1.85. The Labute approximate surface area is 134 Å². The van der Waals surface area contributed by atoms with E-state index >= 15 is 0 Å². The molecule has 1 saturated heterocycles. The van der Waals surface area contributed by atoms with Gasteiger partial charge in [0.25, 0.3) is 5.91 Å². The number of aliphatic hydroxyl groups is 1. The first-order valence-electron chi connectivity index (χ1n) is 8.14. The maximum atomic E-state index is 13.0. The van der Waals surface area contributed by atoms with Crippen molar-refractivity contribution in [1.29, 1.82) is 0 Å². The van der Waals surface area contributed by atoms with Gasteiger partial charge in [-0.1, -0.05) is 18.2 Å². The number of nitrogens with zero attached hydrogens (tertiary/aromatic N) is 3. The lowest BCUT2D eigenvalue weighted by Gasteiger charge is -2.35. The summed E-state index contributed by atoms with van der Waals surface area (Å²) in [6, 6.07) is 7.46. The van der Waals surface area contributed by atoms with Gasteiger partial charge in [-0.05, 0) is 31.7 Å². The number of hydrogen-bond acceptors (Lipinski definition) is 4. The van der Waals surface area contributed by atoms with Crippen LogP contribution in [0.15, 0.2) is 30.6 Å². The second-order valence-corrected chi connectivity index (χ2v) is 6.57. The summed E-state index contributed by atoms with van der Waals surface area (Å²) in [5.41, 5.74) is 0.874. The van der Waals surface area contributed by atoms with E-state index in [-0.39, 0.29) is 11.8 Å². The van der Waals surface area contributed by atoms with Crippen molar-refractivity contribution in [3.8, 4) is 11.4 Å². The third-order valence-electron chi connectivity index (χ3n) is 5.06. The highest BCUT2D eigenvalue weighted by Crippen LogP contribution is 2.45. The third kappa shape index (κ3) is 2.63. The van der Waals surface area contributed by atoms with Gasteiger partial charge >= 0.3 is 0 Å². The first-order chi connectivity index (χ1) is 11.2. The summed E-state index contributed by atoms with van der Waals surface area (Å²) in [6.45, 7) is 1.39. The molecule has 1 aromatic heterocycles. The van der Waals surface area contributed by atoms with Crippen LogP contribution >= 0.6 is 0 Å². The minimum Gasteiger partial charge on any atom is -0.390 e. The number of likely N-dealkylation sites (tertiary alicyclic amines) is 1. The number of amides is 1. The molecule has 4 rings (SSSR count). The molecule has 1 saturated carbocycles. The fraction of sp³-hybridized carbons (Fsp3) is 0.471. The lowest BCUT2D eigenvalue weighted by Crippen LogP contribution is -2.44. The minimum atomic E-state index is -0.524. The summed E-state index contributed by atoms with van der Waals surface area (Å²) >= 11 is 0. The highest BCUT2D eigenvalue weighted by molar-refractivity contribution is 6.00. The molecule has 2 aromatic rings. The van der Waals surface area contributed by atoms with Crippen LogP contribution < -0.4 is 0 Å². The quantitative estimate of drug-likeness (QED) is 0.906. The molecule has 1 aliphatic carbocycles. The molecule has 1 aliphatic heterocycles. The van der Waals surface area contributed by atoms with E-state index in [1.54, 1.807) is 0 Å². The van der Waals surface area contributed by atoms with Crippen molar-refractivity contribution < 1.29 is 9.90 Å². The number of aromatic nitrogens is 3. The van der Waals surface area contributed by atoms with E-state index in [4.69, 9.17) is 0 Å². The van der Waals surface area contributed by atoms with Crippen molar-refractivity contribution in [2.75, 3.05) is 13.1 Å². The summed E-state index contributed by atoms with van der Waals surface area (Å²) in [7, 11) is 0. The van der Waals surface area contributed by atoms with Gasteiger partial charge in [-0.3, -0.25) is 9.89 Å². The molecule has 0 radical (unpaired) electrons. The SMILES string of the molecule is O=C(c1ccccc1-c1ncn[nH]1)N1CCCC(C2(O)CC2)C1. The molecule has 120 valence electrons. The Bertz CT molecular complexity index is 709. The smallest absolute Gasteiger partial charge is 0.254 e. The van der Waals surface area contributed by atoms with Gasteiger partial charge < -0.3 is 10.0 Å². The molecule has 2 aliphatic rings. The first kappa shape index (κ1) is 14.4. The van der Waals surface area contributed by atoms with Crippen molar-refractivity contribution in [2.24, 2.45) is 5.92 Å². The molecule has 6 heteroatoms. The van der Waals surface area contributed by atoms with E-state index in [9.17, 15) is 9.90 Å². The summed E-state index contributed by atoms with van der Waals surface area (Å²) in [6.07, 6.45) is 5.13. The summed E-state index contributed by atoms with van der Waals surface area (Å²) in [5, 5.41) is 17.1. The largest absolute Gasteiger partial charge is 0.390 e. The minimum absolute atomic E-state index is 0.00551. The zero-order valence-corrected chi connectivity index (χ0v) is 12.9. The maximum Gasteiger partial charge on any atom is 0.254 e. The molecule has 6 nitrogen and oxygen atoms in total.